The summed E-state index contributed by atoms with van der Waals surface area (Å²) in [6.07, 6.45) is 9.16. The zero-order chi connectivity index (χ0) is 30.4. The fourth-order valence-corrected chi connectivity index (χ4v) is 6.68. The van der Waals surface area contributed by atoms with E-state index in [1.165, 1.54) is 24.2 Å². The molecule has 2 aliphatic rings. The van der Waals surface area contributed by atoms with Gasteiger partial charge in [0.15, 0.2) is 5.13 Å². The number of esters is 1. The second-order valence-corrected chi connectivity index (χ2v) is 13.4. The number of hydrogen-bond acceptors (Lipinski definition) is 8. The van der Waals surface area contributed by atoms with Gasteiger partial charge in [-0.3, -0.25) is 14.5 Å². The predicted octanol–water partition coefficient (Wildman–Crippen LogP) is 7.32. The standard InChI is InChI=1S/C34H43N3O5S/c1-34(2,3)42-31(38)20-25(19-23-9-5-6-10-23)32(39)37(26-14-15-26)33-36-29(22-43-33)28-12-8-7-11-27(28)24-13-16-30(35-21-24)41-18-17-40-4/h7-8,11-13,16,21-23,25-26H,5-6,9-10,14-15,17-20H2,1-4H3/t25-/m1/s1. The summed E-state index contributed by atoms with van der Waals surface area (Å²) in [6, 6.07) is 12.1. The van der Waals surface area contributed by atoms with Crippen molar-refractivity contribution in [2.45, 2.75) is 83.8 Å². The third-order valence-electron chi connectivity index (χ3n) is 7.91. The maximum absolute atomic E-state index is 14.2. The molecule has 230 valence electrons. The third kappa shape index (κ3) is 8.42. The van der Waals surface area contributed by atoms with Crippen LogP contribution in [0.1, 0.15) is 72.1 Å². The van der Waals surface area contributed by atoms with Crippen molar-refractivity contribution in [3.63, 3.8) is 0 Å². The zero-order valence-electron chi connectivity index (χ0n) is 25.7. The molecule has 2 fully saturated rings. The second-order valence-electron chi connectivity index (χ2n) is 12.6. The smallest absolute Gasteiger partial charge is 0.307 e. The van der Waals surface area contributed by atoms with Crippen LogP contribution in [-0.2, 0) is 19.1 Å². The molecule has 0 unspecified atom stereocenters. The van der Waals surface area contributed by atoms with Crippen LogP contribution in [0.25, 0.3) is 22.4 Å². The van der Waals surface area contributed by atoms with Crippen molar-refractivity contribution in [1.82, 2.24) is 9.97 Å². The lowest BCUT2D eigenvalue weighted by Gasteiger charge is -2.28. The van der Waals surface area contributed by atoms with Crippen LogP contribution >= 0.6 is 11.3 Å². The van der Waals surface area contributed by atoms with Gasteiger partial charge in [-0.2, -0.15) is 0 Å². The molecule has 1 aromatic carbocycles. The molecule has 9 heteroatoms. The molecule has 2 heterocycles. The van der Waals surface area contributed by atoms with Crippen molar-refractivity contribution in [3.8, 4) is 28.3 Å². The fourth-order valence-electron chi connectivity index (χ4n) is 5.78. The number of pyridine rings is 1. The van der Waals surface area contributed by atoms with Crippen molar-refractivity contribution in [2.75, 3.05) is 25.2 Å². The van der Waals surface area contributed by atoms with Crippen molar-refractivity contribution in [1.29, 1.82) is 0 Å². The van der Waals surface area contributed by atoms with Crippen molar-refractivity contribution < 1.29 is 23.8 Å². The molecule has 2 aliphatic carbocycles. The maximum Gasteiger partial charge on any atom is 0.307 e. The number of thiazole rings is 1. The summed E-state index contributed by atoms with van der Waals surface area (Å²) in [6.45, 7) is 6.54. The minimum atomic E-state index is -0.585. The highest BCUT2D eigenvalue weighted by Crippen LogP contribution is 2.41. The van der Waals surface area contributed by atoms with Gasteiger partial charge < -0.3 is 14.2 Å². The molecule has 3 aromatic rings. The summed E-state index contributed by atoms with van der Waals surface area (Å²) >= 11 is 1.49. The maximum atomic E-state index is 14.2. The van der Waals surface area contributed by atoms with Crippen LogP contribution in [0, 0.1) is 11.8 Å². The predicted molar refractivity (Wildman–Crippen MR) is 169 cm³/mol. The molecule has 1 amide bonds. The van der Waals surface area contributed by atoms with Crippen molar-refractivity contribution >= 4 is 28.3 Å². The Bertz CT molecular complexity index is 1370. The molecule has 0 saturated heterocycles. The minimum absolute atomic E-state index is 0.00251. The van der Waals surface area contributed by atoms with E-state index in [0.717, 1.165) is 54.5 Å². The minimum Gasteiger partial charge on any atom is -0.475 e. The molecule has 0 aliphatic heterocycles. The van der Waals surface area contributed by atoms with Crippen LogP contribution < -0.4 is 9.64 Å². The van der Waals surface area contributed by atoms with Gasteiger partial charge in [0, 0.05) is 47.8 Å². The Balaban J connectivity index is 1.38. The Morgan fingerprint density at radius 1 is 1.02 bits per heavy atom. The highest BCUT2D eigenvalue weighted by atomic mass is 32.1. The van der Waals surface area contributed by atoms with Gasteiger partial charge in [-0.05, 0) is 57.6 Å². The average Bonchev–Trinajstić information content (AvgIpc) is 3.44. The Kier molecular flexibility index (Phi) is 10.1. The lowest BCUT2D eigenvalue weighted by atomic mass is 9.89. The summed E-state index contributed by atoms with van der Waals surface area (Å²) in [5, 5.41) is 2.71. The number of nitrogens with zero attached hydrogens (tertiary/aromatic N) is 3. The molecule has 0 radical (unpaired) electrons. The fraction of sp³-hybridized carbons (Fsp3) is 0.529. The number of carbonyl (C=O) groups is 2. The second kappa shape index (κ2) is 14.0. The first kappa shape index (κ1) is 31.1. The topological polar surface area (TPSA) is 90.9 Å². The number of hydrogen-bond donors (Lipinski definition) is 0. The molecule has 1 atom stereocenters. The zero-order valence-corrected chi connectivity index (χ0v) is 26.5. The molecule has 0 spiro atoms. The van der Waals surface area contributed by atoms with Crippen LogP contribution in [0.5, 0.6) is 5.88 Å². The number of aromatic nitrogens is 2. The normalized spacial score (nSPS) is 16.2. The van der Waals surface area contributed by atoms with E-state index in [0.29, 0.717) is 30.1 Å². The molecule has 0 bridgehead atoms. The van der Waals surface area contributed by atoms with E-state index in [4.69, 9.17) is 19.2 Å². The lowest BCUT2D eigenvalue weighted by molar-refractivity contribution is -0.157. The summed E-state index contributed by atoms with van der Waals surface area (Å²) < 4.78 is 16.3. The first-order chi connectivity index (χ1) is 20.7. The Morgan fingerprint density at radius 3 is 2.42 bits per heavy atom. The van der Waals surface area contributed by atoms with E-state index in [-0.39, 0.29) is 24.3 Å². The molecule has 0 N–H and O–H groups in total. The van der Waals surface area contributed by atoms with E-state index < -0.39 is 11.5 Å². The molecular formula is C34H43N3O5S. The van der Waals surface area contributed by atoms with Gasteiger partial charge in [0.05, 0.1) is 18.7 Å². The van der Waals surface area contributed by atoms with Crippen LogP contribution in [0.3, 0.4) is 0 Å². The first-order valence-electron chi connectivity index (χ1n) is 15.4. The number of benzene rings is 1. The monoisotopic (exact) mass is 605 g/mol. The summed E-state index contributed by atoms with van der Waals surface area (Å²) in [7, 11) is 1.64. The van der Waals surface area contributed by atoms with Gasteiger partial charge in [0.1, 0.15) is 12.2 Å². The van der Waals surface area contributed by atoms with Gasteiger partial charge in [0.25, 0.3) is 0 Å². The molecule has 43 heavy (non-hydrogen) atoms. The van der Waals surface area contributed by atoms with E-state index >= 15 is 0 Å². The van der Waals surface area contributed by atoms with Crippen LogP contribution in [0.4, 0.5) is 5.13 Å². The molecule has 8 nitrogen and oxygen atoms in total. The van der Waals surface area contributed by atoms with Gasteiger partial charge in [0.2, 0.25) is 11.8 Å². The van der Waals surface area contributed by atoms with E-state index in [2.05, 4.69) is 11.1 Å². The molecular weight excluding hydrogens is 562 g/mol. The average molecular weight is 606 g/mol. The van der Waals surface area contributed by atoms with Crippen LogP contribution in [-0.4, -0.2) is 53.8 Å². The first-order valence-corrected chi connectivity index (χ1v) is 16.3. The number of ether oxygens (including phenoxy) is 3. The van der Waals surface area contributed by atoms with Gasteiger partial charge in [-0.25, -0.2) is 9.97 Å². The Morgan fingerprint density at radius 2 is 1.77 bits per heavy atom. The number of carbonyl (C=O) groups excluding carboxylic acids is 2. The van der Waals surface area contributed by atoms with Gasteiger partial charge >= 0.3 is 5.97 Å². The highest BCUT2D eigenvalue weighted by Gasteiger charge is 2.40. The number of anilines is 1. The van der Waals surface area contributed by atoms with E-state index in [1.807, 2.05) is 61.4 Å². The largest absolute Gasteiger partial charge is 0.475 e. The quantitative estimate of drug-likeness (QED) is 0.149. The summed E-state index contributed by atoms with van der Waals surface area (Å²) in [5.41, 5.74) is 3.16. The lowest BCUT2D eigenvalue weighted by Crippen LogP contribution is -2.40. The van der Waals surface area contributed by atoms with E-state index in [1.54, 1.807) is 13.3 Å². The van der Waals surface area contributed by atoms with Crippen molar-refractivity contribution in [2.24, 2.45) is 11.8 Å². The van der Waals surface area contributed by atoms with Crippen LogP contribution in [0.15, 0.2) is 48.0 Å². The SMILES string of the molecule is COCCOc1ccc(-c2ccccc2-c2csc(N(C(=O)[C@@H](CC(=O)OC(C)(C)C)CC3CCCC3)C3CC3)n2)cn1. The number of methoxy groups -OCH3 is 1. The molecule has 2 saturated carbocycles. The summed E-state index contributed by atoms with van der Waals surface area (Å²) in [5.74, 6) is 0.307. The van der Waals surface area contributed by atoms with Crippen LogP contribution in [0.2, 0.25) is 0 Å². The number of amides is 1. The van der Waals surface area contributed by atoms with Crippen molar-refractivity contribution in [3.05, 3.63) is 48.0 Å². The van der Waals surface area contributed by atoms with E-state index in [9.17, 15) is 9.59 Å². The van der Waals surface area contributed by atoms with Gasteiger partial charge in [-0.1, -0.05) is 49.9 Å². The highest BCUT2D eigenvalue weighted by molar-refractivity contribution is 7.14. The third-order valence-corrected chi connectivity index (χ3v) is 8.75. The molecule has 2 aromatic heterocycles. The molecule has 5 rings (SSSR count). The summed E-state index contributed by atoms with van der Waals surface area (Å²) in [4.78, 5) is 38.5. The Hall–Kier alpha value is -3.30. The Labute approximate surface area is 258 Å². The van der Waals surface area contributed by atoms with Gasteiger partial charge in [-0.15, -0.1) is 11.3 Å². The number of rotatable bonds is 13.